The van der Waals surface area contributed by atoms with Crippen LogP contribution in [0.15, 0.2) is 0 Å². The normalized spacial score (nSPS) is 19.6. The van der Waals surface area contributed by atoms with Crippen LogP contribution < -0.4 is 0 Å². The summed E-state index contributed by atoms with van der Waals surface area (Å²) in [4.78, 5) is 24.7. The summed E-state index contributed by atoms with van der Waals surface area (Å²) in [6.07, 6.45) is 1.63. The molecule has 0 aliphatic carbocycles. The minimum absolute atomic E-state index is 0.184. The van der Waals surface area contributed by atoms with Crippen LogP contribution in [0, 0.1) is 17.8 Å². The fourth-order valence-electron chi connectivity index (χ4n) is 1.80. The number of amides is 1. The Morgan fingerprint density at radius 1 is 1.50 bits per heavy atom. The van der Waals surface area contributed by atoms with Gasteiger partial charge in [0.2, 0.25) is 0 Å². The quantitative estimate of drug-likeness (QED) is 0.514. The maximum Gasteiger partial charge on any atom is 0.310 e. The van der Waals surface area contributed by atoms with Gasteiger partial charge >= 0.3 is 5.97 Å². The van der Waals surface area contributed by atoms with Crippen molar-refractivity contribution in [3.63, 3.8) is 0 Å². The molecule has 1 fully saturated rings. The van der Waals surface area contributed by atoms with Crippen molar-refractivity contribution in [1.29, 1.82) is 0 Å². The molecule has 0 radical (unpaired) electrons. The molecule has 4 heteroatoms. The SMILES string of the molecule is CC#CC(=O)N1CCC[C@@H](C(=O)OCC)C1. The number of hydrogen-bond donors (Lipinski definition) is 0. The number of nitrogens with zero attached hydrogens (tertiary/aromatic N) is 1. The molecule has 0 aromatic rings. The average Bonchev–Trinajstić information content (AvgIpc) is 2.30. The van der Waals surface area contributed by atoms with Crippen LogP contribution in [-0.4, -0.2) is 36.5 Å². The number of piperidine rings is 1. The number of carbonyl (C=O) groups is 2. The maximum absolute atomic E-state index is 11.5. The largest absolute Gasteiger partial charge is 0.466 e. The van der Waals surface area contributed by atoms with Crippen LogP contribution in [0.5, 0.6) is 0 Å². The summed E-state index contributed by atoms with van der Waals surface area (Å²) in [6, 6.07) is 0. The molecule has 1 rings (SSSR count). The van der Waals surface area contributed by atoms with Crippen molar-refractivity contribution in [3.05, 3.63) is 0 Å². The van der Waals surface area contributed by atoms with E-state index < -0.39 is 0 Å². The van der Waals surface area contributed by atoms with Crippen molar-refractivity contribution in [2.24, 2.45) is 5.92 Å². The molecule has 88 valence electrons. The monoisotopic (exact) mass is 223 g/mol. The predicted octanol–water partition coefficient (Wildman–Crippen LogP) is 0.811. The molecule has 4 nitrogen and oxygen atoms in total. The van der Waals surface area contributed by atoms with Gasteiger partial charge in [0.25, 0.3) is 5.91 Å². The van der Waals surface area contributed by atoms with Gasteiger partial charge in [-0.2, -0.15) is 0 Å². The van der Waals surface area contributed by atoms with Crippen molar-refractivity contribution in [1.82, 2.24) is 4.90 Å². The molecule has 1 heterocycles. The van der Waals surface area contributed by atoms with Gasteiger partial charge in [0, 0.05) is 13.1 Å². The summed E-state index contributed by atoms with van der Waals surface area (Å²) < 4.78 is 4.96. The first-order chi connectivity index (χ1) is 7.69. The van der Waals surface area contributed by atoms with Crippen LogP contribution in [0.25, 0.3) is 0 Å². The summed E-state index contributed by atoms with van der Waals surface area (Å²) in [7, 11) is 0. The van der Waals surface area contributed by atoms with Gasteiger partial charge in [0.15, 0.2) is 0 Å². The highest BCUT2D eigenvalue weighted by atomic mass is 16.5. The lowest BCUT2D eigenvalue weighted by atomic mass is 9.98. The van der Waals surface area contributed by atoms with Crippen molar-refractivity contribution in [3.8, 4) is 11.8 Å². The van der Waals surface area contributed by atoms with Crippen LogP contribution in [0.1, 0.15) is 26.7 Å². The third kappa shape index (κ3) is 3.27. The fraction of sp³-hybridized carbons (Fsp3) is 0.667. The third-order valence-electron chi connectivity index (χ3n) is 2.56. The number of likely N-dealkylation sites (tertiary alicyclic amines) is 1. The molecule has 1 atom stereocenters. The zero-order valence-electron chi connectivity index (χ0n) is 9.78. The van der Waals surface area contributed by atoms with E-state index in [1.807, 2.05) is 0 Å². The molecule has 1 saturated heterocycles. The standard InChI is InChI=1S/C12H17NO3/c1-3-6-11(14)13-8-5-7-10(9-13)12(15)16-4-2/h10H,4-5,7-9H2,1-2H3/t10-/m1/s1. The lowest BCUT2D eigenvalue weighted by Gasteiger charge is -2.30. The second kappa shape index (κ2) is 6.16. The van der Waals surface area contributed by atoms with E-state index in [9.17, 15) is 9.59 Å². The second-order valence-corrected chi connectivity index (χ2v) is 3.72. The Kier molecular flexibility index (Phi) is 4.84. The van der Waals surface area contributed by atoms with Crippen molar-refractivity contribution < 1.29 is 14.3 Å². The third-order valence-corrected chi connectivity index (χ3v) is 2.56. The van der Waals surface area contributed by atoms with Crippen LogP contribution in [0.2, 0.25) is 0 Å². The maximum atomic E-state index is 11.5. The van der Waals surface area contributed by atoms with E-state index in [0.29, 0.717) is 19.7 Å². The van der Waals surface area contributed by atoms with Gasteiger partial charge in [-0.05, 0) is 32.6 Å². The summed E-state index contributed by atoms with van der Waals surface area (Å²) in [5.41, 5.74) is 0. The minimum atomic E-state index is -0.204. The van der Waals surface area contributed by atoms with Gasteiger partial charge in [-0.15, -0.1) is 0 Å². The van der Waals surface area contributed by atoms with Gasteiger partial charge in [-0.3, -0.25) is 9.59 Å². The van der Waals surface area contributed by atoms with E-state index in [1.165, 1.54) is 0 Å². The van der Waals surface area contributed by atoms with E-state index in [0.717, 1.165) is 12.8 Å². The van der Waals surface area contributed by atoms with E-state index in [1.54, 1.807) is 18.7 Å². The molecule has 0 bridgehead atoms. The smallest absolute Gasteiger partial charge is 0.310 e. The Labute approximate surface area is 95.9 Å². The topological polar surface area (TPSA) is 46.6 Å². The Balaban J connectivity index is 2.55. The predicted molar refractivity (Wildman–Crippen MR) is 59.4 cm³/mol. The summed E-state index contributed by atoms with van der Waals surface area (Å²) >= 11 is 0. The van der Waals surface area contributed by atoms with E-state index in [4.69, 9.17) is 4.74 Å². The fourth-order valence-corrected chi connectivity index (χ4v) is 1.80. The van der Waals surface area contributed by atoms with Gasteiger partial charge in [-0.1, -0.05) is 5.92 Å². The van der Waals surface area contributed by atoms with Crippen LogP contribution in [-0.2, 0) is 14.3 Å². The molecule has 0 saturated carbocycles. The van der Waals surface area contributed by atoms with Crippen LogP contribution >= 0.6 is 0 Å². The summed E-state index contributed by atoms with van der Waals surface area (Å²) in [6.45, 7) is 4.92. The average molecular weight is 223 g/mol. The number of hydrogen-bond acceptors (Lipinski definition) is 3. The van der Waals surface area contributed by atoms with Gasteiger partial charge in [0.05, 0.1) is 12.5 Å². The number of rotatable bonds is 2. The molecule has 0 spiro atoms. The number of esters is 1. The summed E-state index contributed by atoms with van der Waals surface area (Å²) in [5, 5.41) is 0. The molecule has 1 aliphatic heterocycles. The number of carbonyl (C=O) groups excluding carboxylic acids is 2. The zero-order valence-corrected chi connectivity index (χ0v) is 9.78. The first-order valence-electron chi connectivity index (χ1n) is 5.57. The lowest BCUT2D eigenvalue weighted by Crippen LogP contribution is -2.42. The molecule has 1 amide bonds. The molecule has 0 unspecified atom stereocenters. The van der Waals surface area contributed by atoms with Crippen LogP contribution in [0.4, 0.5) is 0 Å². The van der Waals surface area contributed by atoms with Gasteiger partial charge < -0.3 is 9.64 Å². The van der Waals surface area contributed by atoms with Crippen molar-refractivity contribution in [2.75, 3.05) is 19.7 Å². The molecular weight excluding hydrogens is 206 g/mol. The van der Waals surface area contributed by atoms with Crippen molar-refractivity contribution >= 4 is 11.9 Å². The van der Waals surface area contributed by atoms with Crippen molar-refractivity contribution in [2.45, 2.75) is 26.7 Å². The molecule has 0 aromatic carbocycles. The Morgan fingerprint density at radius 2 is 2.25 bits per heavy atom. The first-order valence-corrected chi connectivity index (χ1v) is 5.57. The minimum Gasteiger partial charge on any atom is -0.466 e. The Bertz CT molecular complexity index is 327. The Hall–Kier alpha value is -1.50. The highest BCUT2D eigenvalue weighted by Crippen LogP contribution is 2.17. The summed E-state index contributed by atoms with van der Waals surface area (Å²) in [5.74, 6) is 4.48. The molecular formula is C12H17NO3. The first kappa shape index (κ1) is 12.6. The second-order valence-electron chi connectivity index (χ2n) is 3.72. The number of ether oxygens (including phenoxy) is 1. The van der Waals surface area contributed by atoms with E-state index in [2.05, 4.69) is 11.8 Å². The van der Waals surface area contributed by atoms with Gasteiger partial charge in [0.1, 0.15) is 0 Å². The molecule has 0 aromatic heterocycles. The van der Waals surface area contributed by atoms with Crippen LogP contribution in [0.3, 0.4) is 0 Å². The van der Waals surface area contributed by atoms with E-state index >= 15 is 0 Å². The molecule has 16 heavy (non-hydrogen) atoms. The van der Waals surface area contributed by atoms with E-state index in [-0.39, 0.29) is 17.8 Å². The molecule has 0 N–H and O–H groups in total. The lowest BCUT2D eigenvalue weighted by molar-refractivity contribution is -0.150. The highest BCUT2D eigenvalue weighted by Gasteiger charge is 2.28. The highest BCUT2D eigenvalue weighted by molar-refractivity contribution is 5.93. The van der Waals surface area contributed by atoms with Gasteiger partial charge in [-0.25, -0.2) is 0 Å². The Morgan fingerprint density at radius 3 is 2.88 bits per heavy atom. The zero-order chi connectivity index (χ0) is 12.0. The molecule has 1 aliphatic rings.